The zero-order valence-electron chi connectivity index (χ0n) is 9.59. The number of non-ortho nitro benzene ring substituents is 1. The number of hydrogen-bond donors (Lipinski definition) is 1. The first kappa shape index (κ1) is 12.1. The van der Waals surface area contributed by atoms with Gasteiger partial charge >= 0.3 is 0 Å². The van der Waals surface area contributed by atoms with Crippen LogP contribution in [0.25, 0.3) is 0 Å². The highest BCUT2D eigenvalue weighted by atomic mass is 19.1. The van der Waals surface area contributed by atoms with E-state index < -0.39 is 10.7 Å². The molecule has 0 fully saturated rings. The van der Waals surface area contributed by atoms with Gasteiger partial charge in [-0.1, -0.05) is 0 Å². The largest absolute Gasteiger partial charge is 0.472 e. The van der Waals surface area contributed by atoms with Crippen LogP contribution in [0.3, 0.4) is 0 Å². The summed E-state index contributed by atoms with van der Waals surface area (Å²) < 4.78 is 18.2. The summed E-state index contributed by atoms with van der Waals surface area (Å²) in [7, 11) is 0. The summed E-state index contributed by atoms with van der Waals surface area (Å²) in [5, 5.41) is 13.6. The van der Waals surface area contributed by atoms with Crippen LogP contribution in [-0.4, -0.2) is 4.92 Å². The molecule has 1 heterocycles. The van der Waals surface area contributed by atoms with E-state index in [0.29, 0.717) is 5.69 Å². The standard InChI is InChI=1S/C12H11FN2O3/c1-8(9-2-3-18-7-9)14-11-4-10(13)5-12(6-11)15(16)17/h2-8,14H,1H3. The summed E-state index contributed by atoms with van der Waals surface area (Å²) in [6, 6.07) is 5.02. The summed E-state index contributed by atoms with van der Waals surface area (Å²) in [6.07, 6.45) is 3.09. The Balaban J connectivity index is 2.21. The van der Waals surface area contributed by atoms with Crippen molar-refractivity contribution in [3.05, 3.63) is 58.3 Å². The highest BCUT2D eigenvalue weighted by Crippen LogP contribution is 2.24. The van der Waals surface area contributed by atoms with Gasteiger partial charge in [0.2, 0.25) is 0 Å². The molecule has 1 aromatic heterocycles. The number of nitro benzene ring substituents is 1. The number of furan rings is 1. The minimum Gasteiger partial charge on any atom is -0.472 e. The quantitative estimate of drug-likeness (QED) is 0.666. The third-order valence-corrected chi connectivity index (χ3v) is 2.52. The Labute approximate surface area is 102 Å². The molecule has 2 aromatic rings. The Kier molecular flexibility index (Phi) is 3.27. The molecule has 6 heteroatoms. The van der Waals surface area contributed by atoms with E-state index in [9.17, 15) is 14.5 Å². The van der Waals surface area contributed by atoms with Crippen LogP contribution in [0.2, 0.25) is 0 Å². The smallest absolute Gasteiger partial charge is 0.274 e. The van der Waals surface area contributed by atoms with Gasteiger partial charge in [0.1, 0.15) is 5.82 Å². The van der Waals surface area contributed by atoms with E-state index in [1.165, 1.54) is 18.4 Å². The molecular weight excluding hydrogens is 239 g/mol. The normalized spacial score (nSPS) is 12.1. The molecule has 0 radical (unpaired) electrons. The molecule has 1 aromatic carbocycles. The number of nitro groups is 1. The van der Waals surface area contributed by atoms with Crippen molar-refractivity contribution in [3.8, 4) is 0 Å². The summed E-state index contributed by atoms with van der Waals surface area (Å²) >= 11 is 0. The van der Waals surface area contributed by atoms with E-state index in [2.05, 4.69) is 5.32 Å². The molecule has 94 valence electrons. The first-order valence-electron chi connectivity index (χ1n) is 5.30. The van der Waals surface area contributed by atoms with Crippen molar-refractivity contribution < 1.29 is 13.7 Å². The molecule has 2 rings (SSSR count). The van der Waals surface area contributed by atoms with E-state index in [1.807, 2.05) is 6.92 Å². The molecule has 0 spiro atoms. The lowest BCUT2D eigenvalue weighted by molar-refractivity contribution is -0.385. The van der Waals surface area contributed by atoms with Crippen molar-refractivity contribution in [3.63, 3.8) is 0 Å². The monoisotopic (exact) mass is 250 g/mol. The van der Waals surface area contributed by atoms with Crippen LogP contribution >= 0.6 is 0 Å². The summed E-state index contributed by atoms with van der Waals surface area (Å²) in [5.74, 6) is -0.647. The lowest BCUT2D eigenvalue weighted by Gasteiger charge is -2.13. The predicted octanol–water partition coefficient (Wildman–Crippen LogP) is 3.50. The average Bonchev–Trinajstić information content (AvgIpc) is 2.81. The van der Waals surface area contributed by atoms with Crippen molar-refractivity contribution in [1.29, 1.82) is 0 Å². The number of nitrogens with zero attached hydrogens (tertiary/aromatic N) is 1. The molecule has 5 nitrogen and oxygen atoms in total. The third-order valence-electron chi connectivity index (χ3n) is 2.52. The molecule has 18 heavy (non-hydrogen) atoms. The van der Waals surface area contributed by atoms with Gasteiger partial charge in [-0.25, -0.2) is 4.39 Å². The molecule has 1 N–H and O–H groups in total. The van der Waals surface area contributed by atoms with Crippen molar-refractivity contribution >= 4 is 11.4 Å². The molecule has 1 atom stereocenters. The zero-order valence-corrected chi connectivity index (χ0v) is 9.59. The number of halogens is 1. The van der Waals surface area contributed by atoms with Crippen LogP contribution in [0.15, 0.2) is 41.2 Å². The fourth-order valence-corrected chi connectivity index (χ4v) is 1.62. The van der Waals surface area contributed by atoms with Crippen LogP contribution < -0.4 is 5.32 Å². The average molecular weight is 250 g/mol. The topological polar surface area (TPSA) is 68.3 Å². The van der Waals surface area contributed by atoms with Crippen LogP contribution in [0.4, 0.5) is 15.8 Å². The van der Waals surface area contributed by atoms with Gasteiger partial charge in [0, 0.05) is 17.3 Å². The van der Waals surface area contributed by atoms with Gasteiger partial charge in [0.25, 0.3) is 5.69 Å². The third kappa shape index (κ3) is 2.65. The first-order valence-corrected chi connectivity index (χ1v) is 5.30. The number of anilines is 1. The second-order valence-corrected chi connectivity index (χ2v) is 3.88. The molecule has 0 amide bonds. The van der Waals surface area contributed by atoms with Crippen LogP contribution in [0.1, 0.15) is 18.5 Å². The van der Waals surface area contributed by atoms with Gasteiger partial charge in [-0.05, 0) is 19.1 Å². The van der Waals surface area contributed by atoms with E-state index in [4.69, 9.17) is 4.42 Å². The van der Waals surface area contributed by atoms with Gasteiger partial charge in [-0.3, -0.25) is 10.1 Å². The van der Waals surface area contributed by atoms with Crippen LogP contribution in [0, 0.1) is 15.9 Å². The first-order chi connectivity index (χ1) is 8.56. The zero-order chi connectivity index (χ0) is 13.1. The highest BCUT2D eigenvalue weighted by molar-refractivity contribution is 5.52. The van der Waals surface area contributed by atoms with Gasteiger partial charge in [-0.2, -0.15) is 0 Å². The minimum absolute atomic E-state index is 0.134. The second kappa shape index (κ2) is 4.87. The van der Waals surface area contributed by atoms with Crippen molar-refractivity contribution in [2.75, 3.05) is 5.32 Å². The fourth-order valence-electron chi connectivity index (χ4n) is 1.62. The van der Waals surface area contributed by atoms with E-state index in [0.717, 1.165) is 11.6 Å². The summed E-state index contributed by atoms with van der Waals surface area (Å²) in [5.41, 5.74) is 0.953. The Hall–Kier alpha value is -2.37. The maximum absolute atomic E-state index is 13.2. The molecular formula is C12H11FN2O3. The predicted molar refractivity (Wildman–Crippen MR) is 63.8 cm³/mol. The van der Waals surface area contributed by atoms with Crippen LogP contribution in [0.5, 0.6) is 0 Å². The molecule has 0 saturated heterocycles. The molecule has 1 unspecified atom stereocenters. The van der Waals surface area contributed by atoms with Crippen LogP contribution in [-0.2, 0) is 0 Å². The molecule has 0 bridgehead atoms. The second-order valence-electron chi connectivity index (χ2n) is 3.88. The molecule has 0 aliphatic heterocycles. The molecule has 0 aliphatic rings. The van der Waals surface area contributed by atoms with E-state index >= 15 is 0 Å². The molecule has 0 aliphatic carbocycles. The Morgan fingerprint density at radius 3 is 2.83 bits per heavy atom. The van der Waals surface area contributed by atoms with Gasteiger partial charge < -0.3 is 9.73 Å². The van der Waals surface area contributed by atoms with Crippen molar-refractivity contribution in [1.82, 2.24) is 0 Å². The van der Waals surface area contributed by atoms with Crippen molar-refractivity contribution in [2.45, 2.75) is 13.0 Å². The summed E-state index contributed by atoms with van der Waals surface area (Å²) in [6.45, 7) is 1.85. The molecule has 0 saturated carbocycles. The van der Waals surface area contributed by atoms with E-state index in [-0.39, 0.29) is 11.7 Å². The SMILES string of the molecule is CC(Nc1cc(F)cc([N+](=O)[O-])c1)c1ccoc1. The lowest BCUT2D eigenvalue weighted by atomic mass is 10.1. The van der Waals surface area contributed by atoms with E-state index in [1.54, 1.807) is 12.3 Å². The van der Waals surface area contributed by atoms with Gasteiger partial charge in [-0.15, -0.1) is 0 Å². The highest BCUT2D eigenvalue weighted by Gasteiger charge is 2.12. The minimum atomic E-state index is -0.647. The Bertz CT molecular complexity index is 554. The maximum Gasteiger partial charge on any atom is 0.274 e. The number of nitrogens with one attached hydrogen (secondary N) is 1. The summed E-state index contributed by atoms with van der Waals surface area (Å²) in [4.78, 5) is 9.99. The number of hydrogen-bond acceptors (Lipinski definition) is 4. The van der Waals surface area contributed by atoms with Gasteiger partial charge in [0.05, 0.1) is 29.6 Å². The number of benzene rings is 1. The Morgan fingerprint density at radius 2 is 2.22 bits per heavy atom. The number of rotatable bonds is 4. The van der Waals surface area contributed by atoms with Gasteiger partial charge in [0.15, 0.2) is 0 Å². The van der Waals surface area contributed by atoms with Crippen molar-refractivity contribution in [2.24, 2.45) is 0 Å². The fraction of sp³-hybridized carbons (Fsp3) is 0.167. The lowest BCUT2D eigenvalue weighted by Crippen LogP contribution is -2.06. The maximum atomic E-state index is 13.2. The Morgan fingerprint density at radius 1 is 1.44 bits per heavy atom.